The Morgan fingerprint density at radius 3 is 2.00 bits per heavy atom. The van der Waals surface area contributed by atoms with Gasteiger partial charge in [-0.25, -0.2) is 0 Å². The molecular weight excluding hydrogens is 412 g/mol. The van der Waals surface area contributed by atoms with Crippen LogP contribution in [0.2, 0.25) is 0 Å². The van der Waals surface area contributed by atoms with E-state index < -0.39 is 48.6 Å². The second-order valence-corrected chi connectivity index (χ2v) is 6.85. The van der Waals surface area contributed by atoms with E-state index in [0.29, 0.717) is 5.75 Å². The molecule has 0 radical (unpaired) electrons. The van der Waals surface area contributed by atoms with Gasteiger partial charge in [-0.15, -0.1) is 0 Å². The van der Waals surface area contributed by atoms with Crippen LogP contribution >= 0.6 is 0 Å². The number of benzene rings is 1. The number of rotatable bonds is 9. The zero-order valence-electron chi connectivity index (χ0n) is 18.2. The molecule has 31 heavy (non-hydrogen) atoms. The van der Waals surface area contributed by atoms with Crippen molar-refractivity contribution in [1.82, 2.24) is 0 Å². The van der Waals surface area contributed by atoms with Crippen LogP contribution in [0.5, 0.6) is 5.75 Å². The Labute approximate surface area is 180 Å². The lowest BCUT2D eigenvalue weighted by Crippen LogP contribution is -2.62. The van der Waals surface area contributed by atoms with E-state index in [1.165, 1.54) is 27.9 Å². The molecule has 1 aliphatic rings. The molecule has 1 heterocycles. The van der Waals surface area contributed by atoms with Crippen molar-refractivity contribution in [3.63, 3.8) is 0 Å². The number of ether oxygens (including phenoxy) is 7. The van der Waals surface area contributed by atoms with E-state index in [1.807, 2.05) is 12.1 Å². The second kappa shape index (κ2) is 11.6. The fourth-order valence-electron chi connectivity index (χ4n) is 3.16. The Balaban J connectivity index is 2.30. The molecule has 0 saturated carbocycles. The molecule has 5 atom stereocenters. The van der Waals surface area contributed by atoms with E-state index in [9.17, 15) is 14.4 Å². The van der Waals surface area contributed by atoms with Gasteiger partial charge in [-0.2, -0.15) is 0 Å². The van der Waals surface area contributed by atoms with Gasteiger partial charge in [0.05, 0.1) is 13.7 Å². The van der Waals surface area contributed by atoms with Gasteiger partial charge in [-0.1, -0.05) is 12.1 Å². The summed E-state index contributed by atoms with van der Waals surface area (Å²) in [5.41, 5.74) is 0.812. The summed E-state index contributed by atoms with van der Waals surface area (Å²) in [4.78, 5) is 34.8. The molecule has 2 rings (SSSR count). The van der Waals surface area contributed by atoms with Gasteiger partial charge < -0.3 is 33.2 Å². The molecule has 0 spiro atoms. The van der Waals surface area contributed by atoms with Gasteiger partial charge in [-0.05, 0) is 17.7 Å². The third-order valence-electron chi connectivity index (χ3n) is 4.48. The van der Waals surface area contributed by atoms with Crippen molar-refractivity contribution in [2.45, 2.75) is 58.1 Å². The zero-order valence-corrected chi connectivity index (χ0v) is 18.2. The number of carbonyl (C=O) groups excluding carboxylic acids is 3. The van der Waals surface area contributed by atoms with Crippen molar-refractivity contribution in [1.29, 1.82) is 0 Å². The first-order valence-corrected chi connectivity index (χ1v) is 9.65. The summed E-state index contributed by atoms with van der Waals surface area (Å²) >= 11 is 0. The van der Waals surface area contributed by atoms with Crippen LogP contribution in [0.3, 0.4) is 0 Å². The Morgan fingerprint density at radius 1 is 0.871 bits per heavy atom. The maximum absolute atomic E-state index is 11.8. The van der Waals surface area contributed by atoms with Gasteiger partial charge in [0.15, 0.2) is 18.5 Å². The fraction of sp³-hybridized carbons (Fsp3) is 0.571. The molecule has 1 aliphatic heterocycles. The van der Waals surface area contributed by atoms with Gasteiger partial charge in [0.25, 0.3) is 0 Å². The van der Waals surface area contributed by atoms with Crippen molar-refractivity contribution >= 4 is 17.9 Å². The van der Waals surface area contributed by atoms with Gasteiger partial charge >= 0.3 is 17.9 Å². The molecule has 0 N–H and O–H groups in total. The lowest BCUT2D eigenvalue weighted by atomic mass is 9.98. The van der Waals surface area contributed by atoms with Crippen molar-refractivity contribution in [3.05, 3.63) is 29.8 Å². The zero-order chi connectivity index (χ0) is 23.0. The number of carbonyl (C=O) groups is 3. The Kier molecular flexibility index (Phi) is 9.22. The molecule has 0 unspecified atom stereocenters. The van der Waals surface area contributed by atoms with Crippen LogP contribution in [0, 0.1) is 0 Å². The minimum absolute atomic E-state index is 0.122. The van der Waals surface area contributed by atoms with Crippen LogP contribution < -0.4 is 4.74 Å². The minimum Gasteiger partial charge on any atom is -0.497 e. The van der Waals surface area contributed by atoms with Crippen molar-refractivity contribution in [3.8, 4) is 5.75 Å². The van der Waals surface area contributed by atoms with E-state index in [2.05, 4.69) is 0 Å². The van der Waals surface area contributed by atoms with Crippen molar-refractivity contribution < 1.29 is 47.5 Å². The van der Waals surface area contributed by atoms with E-state index in [-0.39, 0.29) is 13.2 Å². The maximum Gasteiger partial charge on any atom is 0.303 e. The van der Waals surface area contributed by atoms with Gasteiger partial charge in [0, 0.05) is 27.9 Å². The molecule has 10 heteroatoms. The van der Waals surface area contributed by atoms with Gasteiger partial charge in [-0.3, -0.25) is 14.4 Å². The third-order valence-corrected chi connectivity index (χ3v) is 4.48. The second-order valence-electron chi connectivity index (χ2n) is 6.85. The first-order valence-electron chi connectivity index (χ1n) is 9.65. The number of hydrogen-bond donors (Lipinski definition) is 0. The van der Waals surface area contributed by atoms with Crippen molar-refractivity contribution in [2.24, 2.45) is 0 Å². The van der Waals surface area contributed by atoms with Crippen LogP contribution in [-0.4, -0.2) is 69.4 Å². The van der Waals surface area contributed by atoms with E-state index in [1.54, 1.807) is 19.2 Å². The molecule has 1 aromatic rings. The lowest BCUT2D eigenvalue weighted by molar-refractivity contribution is -0.308. The van der Waals surface area contributed by atoms with Crippen molar-refractivity contribution in [2.75, 3.05) is 20.8 Å². The largest absolute Gasteiger partial charge is 0.497 e. The summed E-state index contributed by atoms with van der Waals surface area (Å²) in [7, 11) is 2.92. The Bertz CT molecular complexity index is 747. The molecule has 1 saturated heterocycles. The molecule has 10 nitrogen and oxygen atoms in total. The van der Waals surface area contributed by atoms with E-state index in [0.717, 1.165) is 5.56 Å². The number of methoxy groups -OCH3 is 2. The monoisotopic (exact) mass is 440 g/mol. The number of hydrogen-bond acceptors (Lipinski definition) is 10. The quantitative estimate of drug-likeness (QED) is 0.412. The van der Waals surface area contributed by atoms with E-state index >= 15 is 0 Å². The molecule has 172 valence electrons. The standard InChI is InChI=1S/C21H28O10/c1-12(22)27-11-17-18(28-10-15-6-8-16(25-4)9-7-15)19(29-13(2)23)20(30-14(3)24)21(26-5)31-17/h6-9,17-21H,10-11H2,1-5H3/t17-,18-,19+,20-,21+/m1/s1. The highest BCUT2D eigenvalue weighted by atomic mass is 16.7. The predicted octanol–water partition coefficient (Wildman–Crippen LogP) is 1.38. The third kappa shape index (κ3) is 7.20. The smallest absolute Gasteiger partial charge is 0.303 e. The van der Waals surface area contributed by atoms with E-state index in [4.69, 9.17) is 33.2 Å². The van der Waals surface area contributed by atoms with Crippen LogP contribution in [0.4, 0.5) is 0 Å². The van der Waals surface area contributed by atoms with Crippen LogP contribution in [0.1, 0.15) is 26.3 Å². The normalized spacial score (nSPS) is 25.4. The molecule has 0 bridgehead atoms. The molecule has 0 amide bonds. The maximum atomic E-state index is 11.8. The SMILES string of the molecule is COc1ccc(CO[C@H]2[C@H](OC(C)=O)[C@@H](OC(C)=O)[C@@H](OC)O[C@@H]2COC(C)=O)cc1. The average molecular weight is 440 g/mol. The highest BCUT2D eigenvalue weighted by Crippen LogP contribution is 2.30. The topological polar surface area (TPSA) is 116 Å². The Morgan fingerprint density at radius 2 is 1.48 bits per heavy atom. The summed E-state index contributed by atoms with van der Waals surface area (Å²) in [6, 6.07) is 7.18. The Hall–Kier alpha value is -2.69. The fourth-order valence-corrected chi connectivity index (χ4v) is 3.16. The van der Waals surface area contributed by atoms with Gasteiger partial charge in [0.1, 0.15) is 24.6 Å². The molecule has 0 aromatic heterocycles. The summed E-state index contributed by atoms with van der Waals surface area (Å²) in [6.45, 7) is 3.65. The summed E-state index contributed by atoms with van der Waals surface area (Å²) in [5.74, 6) is -1.05. The average Bonchev–Trinajstić information content (AvgIpc) is 2.72. The predicted molar refractivity (Wildman–Crippen MR) is 105 cm³/mol. The van der Waals surface area contributed by atoms with Crippen LogP contribution in [0.15, 0.2) is 24.3 Å². The lowest BCUT2D eigenvalue weighted by Gasteiger charge is -2.44. The van der Waals surface area contributed by atoms with Crippen LogP contribution in [0.25, 0.3) is 0 Å². The number of esters is 3. The minimum atomic E-state index is -1.08. The molecular formula is C21H28O10. The summed E-state index contributed by atoms with van der Waals surface area (Å²) < 4.78 is 38.2. The van der Waals surface area contributed by atoms with Gasteiger partial charge in [0.2, 0.25) is 0 Å². The summed E-state index contributed by atoms with van der Waals surface area (Å²) in [5, 5.41) is 0. The highest BCUT2D eigenvalue weighted by molar-refractivity contribution is 5.67. The summed E-state index contributed by atoms with van der Waals surface area (Å²) in [6.07, 6.45) is -4.96. The van der Waals surface area contributed by atoms with Crippen LogP contribution in [-0.2, 0) is 49.4 Å². The first-order chi connectivity index (χ1) is 14.7. The molecule has 1 fully saturated rings. The highest BCUT2D eigenvalue weighted by Gasteiger charge is 2.51. The molecule has 0 aliphatic carbocycles. The molecule has 1 aromatic carbocycles. The first kappa shape index (κ1) is 24.6.